The molecule has 2 fully saturated rings. The first-order valence-corrected chi connectivity index (χ1v) is 12.3. The van der Waals surface area contributed by atoms with Crippen molar-refractivity contribution in [2.75, 3.05) is 37.7 Å². The molecule has 0 unspecified atom stereocenters. The Morgan fingerprint density at radius 3 is 2.42 bits per heavy atom. The molecular weight excluding hydrogens is 418 g/mol. The molecule has 2 amide bonds. The molecule has 31 heavy (non-hydrogen) atoms. The van der Waals surface area contributed by atoms with Gasteiger partial charge in [-0.3, -0.25) is 14.5 Å². The van der Waals surface area contributed by atoms with Crippen molar-refractivity contribution in [2.24, 2.45) is 0 Å². The van der Waals surface area contributed by atoms with Crippen LogP contribution in [0.5, 0.6) is 0 Å². The van der Waals surface area contributed by atoms with E-state index in [2.05, 4.69) is 10.2 Å². The van der Waals surface area contributed by atoms with E-state index in [-0.39, 0.29) is 29.2 Å². The van der Waals surface area contributed by atoms with Crippen molar-refractivity contribution in [3.8, 4) is 0 Å². The van der Waals surface area contributed by atoms with E-state index in [1.165, 1.54) is 6.26 Å². The minimum absolute atomic E-state index is 0.0426. The lowest BCUT2D eigenvalue weighted by molar-refractivity contribution is -0.135. The first kappa shape index (κ1) is 21.6. The van der Waals surface area contributed by atoms with Gasteiger partial charge in [-0.25, -0.2) is 8.42 Å². The van der Waals surface area contributed by atoms with E-state index in [1.807, 2.05) is 30.3 Å². The Bertz CT molecular complexity index is 999. The number of hydrogen-bond acceptors (Lipinski definition) is 6. The molecule has 9 heteroatoms. The fraction of sp³-hybridized carbons (Fsp3) is 0.455. The molecule has 1 N–H and O–H groups in total. The molecule has 0 bridgehead atoms. The van der Waals surface area contributed by atoms with Crippen LogP contribution in [0.2, 0.25) is 0 Å². The van der Waals surface area contributed by atoms with Crippen molar-refractivity contribution >= 4 is 21.7 Å². The molecule has 0 aliphatic carbocycles. The highest BCUT2D eigenvalue weighted by Gasteiger charge is 2.35. The van der Waals surface area contributed by atoms with Gasteiger partial charge in [0.25, 0.3) is 5.91 Å². The van der Waals surface area contributed by atoms with Crippen LogP contribution < -0.4 is 5.32 Å². The van der Waals surface area contributed by atoms with Gasteiger partial charge in [-0.05, 0) is 24.1 Å². The first-order valence-electron chi connectivity index (χ1n) is 10.5. The maximum atomic E-state index is 13.3. The van der Waals surface area contributed by atoms with E-state index in [4.69, 9.17) is 4.42 Å². The predicted molar refractivity (Wildman–Crippen MR) is 115 cm³/mol. The molecule has 166 valence electrons. The van der Waals surface area contributed by atoms with Crippen LogP contribution in [-0.2, 0) is 21.1 Å². The van der Waals surface area contributed by atoms with Crippen LogP contribution in [0.25, 0.3) is 0 Å². The molecule has 0 saturated carbocycles. The van der Waals surface area contributed by atoms with Crippen LogP contribution in [0.3, 0.4) is 0 Å². The second kappa shape index (κ2) is 9.23. The maximum absolute atomic E-state index is 13.3. The van der Waals surface area contributed by atoms with E-state index in [0.29, 0.717) is 39.0 Å². The van der Waals surface area contributed by atoms with Gasteiger partial charge in [0.2, 0.25) is 5.91 Å². The number of carbonyl (C=O) groups excluding carboxylic acids is 2. The van der Waals surface area contributed by atoms with Gasteiger partial charge in [-0.1, -0.05) is 30.3 Å². The lowest BCUT2D eigenvalue weighted by atomic mass is 10.0. The molecule has 2 aliphatic heterocycles. The Morgan fingerprint density at radius 2 is 1.81 bits per heavy atom. The largest absolute Gasteiger partial charge is 0.459 e. The third kappa shape index (κ3) is 5.34. The summed E-state index contributed by atoms with van der Waals surface area (Å²) < 4.78 is 28.7. The second-order valence-electron chi connectivity index (χ2n) is 8.11. The Balaban J connectivity index is 1.41. The summed E-state index contributed by atoms with van der Waals surface area (Å²) in [6, 6.07) is 12.1. The van der Waals surface area contributed by atoms with E-state index < -0.39 is 21.8 Å². The molecule has 2 aromatic rings. The lowest BCUT2D eigenvalue weighted by Crippen LogP contribution is -2.57. The highest BCUT2D eigenvalue weighted by molar-refractivity contribution is 7.91. The van der Waals surface area contributed by atoms with Crippen molar-refractivity contribution in [3.05, 3.63) is 60.1 Å². The summed E-state index contributed by atoms with van der Waals surface area (Å²) in [5, 5.41) is 2.83. The van der Waals surface area contributed by atoms with Gasteiger partial charge in [0.05, 0.1) is 17.8 Å². The summed E-state index contributed by atoms with van der Waals surface area (Å²) >= 11 is 0. The van der Waals surface area contributed by atoms with Gasteiger partial charge in [-0.15, -0.1) is 0 Å². The van der Waals surface area contributed by atoms with Gasteiger partial charge >= 0.3 is 0 Å². The van der Waals surface area contributed by atoms with Crippen molar-refractivity contribution in [2.45, 2.75) is 24.9 Å². The fourth-order valence-electron chi connectivity index (χ4n) is 4.28. The predicted octanol–water partition coefficient (Wildman–Crippen LogP) is 0.952. The molecule has 2 saturated heterocycles. The summed E-state index contributed by atoms with van der Waals surface area (Å²) in [7, 11) is -2.94. The normalized spacial score (nSPS) is 22.2. The number of sulfone groups is 1. The zero-order valence-electron chi connectivity index (χ0n) is 17.3. The summed E-state index contributed by atoms with van der Waals surface area (Å²) in [5.41, 5.74) is 0.954. The molecule has 0 spiro atoms. The number of carbonyl (C=O) groups is 2. The lowest BCUT2D eigenvalue weighted by Gasteiger charge is -2.39. The fourth-order valence-corrected chi connectivity index (χ4v) is 6.04. The van der Waals surface area contributed by atoms with Crippen LogP contribution >= 0.6 is 0 Å². The Labute approximate surface area is 182 Å². The Hall–Kier alpha value is -2.65. The minimum Gasteiger partial charge on any atom is -0.459 e. The monoisotopic (exact) mass is 445 g/mol. The summed E-state index contributed by atoms with van der Waals surface area (Å²) in [4.78, 5) is 29.8. The number of benzene rings is 1. The van der Waals surface area contributed by atoms with Crippen LogP contribution in [0.1, 0.15) is 22.5 Å². The van der Waals surface area contributed by atoms with E-state index >= 15 is 0 Å². The SMILES string of the molecule is O=C(N[C@H](Cc1ccccc1)C(=O)N1CCN([C@@H]2CCS(=O)(=O)C2)CC1)c1ccco1. The summed E-state index contributed by atoms with van der Waals surface area (Å²) in [5.74, 6) is 0.0561. The number of hydrogen-bond donors (Lipinski definition) is 1. The average Bonchev–Trinajstić information content (AvgIpc) is 3.43. The maximum Gasteiger partial charge on any atom is 0.287 e. The Kier molecular flexibility index (Phi) is 6.43. The zero-order chi connectivity index (χ0) is 21.8. The van der Waals surface area contributed by atoms with Gasteiger partial charge in [-0.2, -0.15) is 0 Å². The van der Waals surface area contributed by atoms with Crippen molar-refractivity contribution < 1.29 is 22.4 Å². The van der Waals surface area contributed by atoms with E-state index in [1.54, 1.807) is 17.0 Å². The molecule has 4 rings (SSSR count). The Morgan fingerprint density at radius 1 is 1.06 bits per heavy atom. The van der Waals surface area contributed by atoms with Crippen molar-refractivity contribution in [1.29, 1.82) is 0 Å². The summed E-state index contributed by atoms with van der Waals surface area (Å²) in [6.45, 7) is 2.29. The number of piperazine rings is 1. The number of rotatable bonds is 6. The standard InChI is InChI=1S/C22H27N3O5S/c26-21(20-7-4-13-30-20)23-19(15-17-5-2-1-3-6-17)22(27)25-11-9-24(10-12-25)18-8-14-31(28,29)16-18/h1-7,13,18-19H,8-12,14-16H2,(H,23,26)/t18-,19-/m1/s1. The zero-order valence-corrected chi connectivity index (χ0v) is 18.1. The van der Waals surface area contributed by atoms with Crippen LogP contribution in [0.15, 0.2) is 53.1 Å². The van der Waals surface area contributed by atoms with Crippen LogP contribution in [0.4, 0.5) is 0 Å². The topological polar surface area (TPSA) is 99.9 Å². The van der Waals surface area contributed by atoms with Gasteiger partial charge < -0.3 is 14.6 Å². The molecule has 8 nitrogen and oxygen atoms in total. The van der Waals surface area contributed by atoms with Crippen LogP contribution in [0, 0.1) is 0 Å². The van der Waals surface area contributed by atoms with Gasteiger partial charge in [0.1, 0.15) is 6.04 Å². The van der Waals surface area contributed by atoms with Gasteiger partial charge in [0.15, 0.2) is 15.6 Å². The molecule has 0 radical (unpaired) electrons. The van der Waals surface area contributed by atoms with E-state index in [0.717, 1.165) is 5.56 Å². The minimum atomic E-state index is -2.94. The highest BCUT2D eigenvalue weighted by atomic mass is 32.2. The van der Waals surface area contributed by atoms with Crippen LogP contribution in [-0.4, -0.2) is 79.8 Å². The smallest absolute Gasteiger partial charge is 0.287 e. The molecule has 2 atom stereocenters. The van der Waals surface area contributed by atoms with Crippen molar-refractivity contribution in [1.82, 2.24) is 15.1 Å². The van der Waals surface area contributed by atoms with Gasteiger partial charge in [0, 0.05) is 38.6 Å². The van der Waals surface area contributed by atoms with Crippen molar-refractivity contribution in [3.63, 3.8) is 0 Å². The summed E-state index contributed by atoms with van der Waals surface area (Å²) in [6.07, 6.45) is 2.46. The second-order valence-corrected chi connectivity index (χ2v) is 10.3. The number of amides is 2. The molecule has 1 aromatic carbocycles. The third-order valence-electron chi connectivity index (χ3n) is 5.98. The highest BCUT2D eigenvalue weighted by Crippen LogP contribution is 2.20. The number of nitrogens with one attached hydrogen (secondary N) is 1. The molecular formula is C22H27N3O5S. The number of furan rings is 1. The quantitative estimate of drug-likeness (QED) is 0.711. The van der Waals surface area contributed by atoms with E-state index in [9.17, 15) is 18.0 Å². The third-order valence-corrected chi connectivity index (χ3v) is 7.73. The molecule has 2 aliphatic rings. The molecule has 3 heterocycles. The first-order chi connectivity index (χ1) is 14.9. The average molecular weight is 446 g/mol. The number of nitrogens with zero attached hydrogens (tertiary/aromatic N) is 2. The molecule has 1 aromatic heterocycles.